The molecule has 0 aromatic heterocycles. The van der Waals surface area contributed by atoms with E-state index in [1.165, 1.54) is 26.4 Å². The van der Waals surface area contributed by atoms with Crippen LogP contribution in [0, 0.1) is 5.41 Å². The molecule has 0 radical (unpaired) electrons. The molecule has 0 aliphatic carbocycles. The molecule has 16 heavy (non-hydrogen) atoms. The lowest BCUT2D eigenvalue weighted by Crippen LogP contribution is -2.19. The minimum Gasteiger partial charge on any atom is -0.465 e. The molecule has 5 heteroatoms. The van der Waals surface area contributed by atoms with Crippen LogP contribution in [0.15, 0.2) is 24.3 Å². The molecule has 0 atom stereocenters. The fourth-order valence-corrected chi connectivity index (χ4v) is 1.20. The summed E-state index contributed by atoms with van der Waals surface area (Å²) in [6.07, 6.45) is 0. The van der Waals surface area contributed by atoms with Crippen LogP contribution in [-0.4, -0.2) is 31.9 Å². The molecule has 1 aromatic rings. The number of hydrogen-bond acceptors (Lipinski definition) is 5. The molecule has 5 nitrogen and oxygen atoms in total. The first-order valence-electron chi connectivity index (χ1n) is 4.46. The van der Waals surface area contributed by atoms with Gasteiger partial charge in [-0.25, -0.2) is 9.59 Å². The van der Waals surface area contributed by atoms with Gasteiger partial charge in [0.15, 0.2) is 0 Å². The third kappa shape index (κ3) is 2.25. The molecule has 0 unspecified atom stereocenters. The maximum absolute atomic E-state index is 11.4. The van der Waals surface area contributed by atoms with Crippen LogP contribution in [0.2, 0.25) is 0 Å². The molecule has 1 N–H and O–H groups in total. The number of esters is 2. The summed E-state index contributed by atoms with van der Waals surface area (Å²) in [5.74, 6) is -1.39. The predicted molar refractivity (Wildman–Crippen MR) is 56.6 cm³/mol. The van der Waals surface area contributed by atoms with Crippen molar-refractivity contribution in [3.05, 3.63) is 35.4 Å². The predicted octanol–water partition coefficient (Wildman–Crippen LogP) is 1.01. The van der Waals surface area contributed by atoms with Gasteiger partial charge in [0, 0.05) is 5.56 Å². The Morgan fingerprint density at radius 1 is 1.06 bits per heavy atom. The molecular weight excluding hydrogens is 210 g/mol. The molecule has 0 amide bonds. The fourth-order valence-electron chi connectivity index (χ4n) is 1.20. The van der Waals surface area contributed by atoms with E-state index in [9.17, 15) is 9.59 Å². The Balaban J connectivity index is 3.18. The van der Waals surface area contributed by atoms with E-state index in [0.717, 1.165) is 0 Å². The Hall–Kier alpha value is -2.17. The van der Waals surface area contributed by atoms with Gasteiger partial charge in [-0.3, -0.25) is 5.41 Å². The Labute approximate surface area is 92.5 Å². The van der Waals surface area contributed by atoms with E-state index in [2.05, 4.69) is 9.47 Å². The summed E-state index contributed by atoms with van der Waals surface area (Å²) in [6.45, 7) is 0. The van der Waals surface area contributed by atoms with E-state index in [4.69, 9.17) is 5.41 Å². The standard InChI is InChI=1S/C11H11NO4/c1-15-10(13)8-6-4-3-5-7(8)9(12)11(14)16-2/h3-6,12H,1-2H3. The smallest absolute Gasteiger partial charge is 0.356 e. The molecule has 0 bridgehead atoms. The summed E-state index contributed by atoms with van der Waals surface area (Å²) in [7, 11) is 2.42. The summed E-state index contributed by atoms with van der Waals surface area (Å²) in [5, 5.41) is 7.56. The second-order valence-corrected chi connectivity index (χ2v) is 2.90. The van der Waals surface area contributed by atoms with Gasteiger partial charge >= 0.3 is 11.9 Å². The molecule has 84 valence electrons. The van der Waals surface area contributed by atoms with Crippen LogP contribution in [0.4, 0.5) is 0 Å². The number of rotatable bonds is 3. The zero-order valence-corrected chi connectivity index (χ0v) is 8.94. The van der Waals surface area contributed by atoms with Gasteiger partial charge < -0.3 is 9.47 Å². The highest BCUT2D eigenvalue weighted by molar-refractivity contribution is 6.43. The number of benzene rings is 1. The highest BCUT2D eigenvalue weighted by Crippen LogP contribution is 2.11. The average Bonchev–Trinajstić information content (AvgIpc) is 2.35. The molecule has 0 spiro atoms. The number of carbonyl (C=O) groups excluding carboxylic acids is 2. The van der Waals surface area contributed by atoms with E-state index < -0.39 is 11.9 Å². The lowest BCUT2D eigenvalue weighted by molar-refractivity contribution is -0.132. The summed E-state index contributed by atoms with van der Waals surface area (Å²) < 4.78 is 8.97. The van der Waals surface area contributed by atoms with Gasteiger partial charge in [-0.05, 0) is 6.07 Å². The van der Waals surface area contributed by atoms with Crippen LogP contribution in [0.1, 0.15) is 15.9 Å². The topological polar surface area (TPSA) is 76.5 Å². The minimum atomic E-state index is -0.795. The first-order valence-corrected chi connectivity index (χ1v) is 4.46. The molecule has 1 aromatic carbocycles. The Bertz CT molecular complexity index is 439. The molecule has 0 heterocycles. The van der Waals surface area contributed by atoms with Gasteiger partial charge in [0.2, 0.25) is 0 Å². The van der Waals surface area contributed by atoms with Crippen LogP contribution in [-0.2, 0) is 14.3 Å². The SMILES string of the molecule is COC(=O)C(=N)c1ccccc1C(=O)OC. The van der Waals surface area contributed by atoms with Crippen molar-refractivity contribution in [2.24, 2.45) is 0 Å². The van der Waals surface area contributed by atoms with Crippen molar-refractivity contribution < 1.29 is 19.1 Å². The number of nitrogens with one attached hydrogen (secondary N) is 1. The van der Waals surface area contributed by atoms with Crippen molar-refractivity contribution in [2.45, 2.75) is 0 Å². The Morgan fingerprint density at radius 3 is 2.12 bits per heavy atom. The van der Waals surface area contributed by atoms with Crippen LogP contribution < -0.4 is 0 Å². The highest BCUT2D eigenvalue weighted by Gasteiger charge is 2.19. The monoisotopic (exact) mass is 221 g/mol. The van der Waals surface area contributed by atoms with E-state index in [0.29, 0.717) is 0 Å². The zero-order valence-electron chi connectivity index (χ0n) is 8.94. The lowest BCUT2D eigenvalue weighted by Gasteiger charge is -2.07. The van der Waals surface area contributed by atoms with Gasteiger partial charge in [0.05, 0.1) is 19.8 Å². The molecular formula is C11H11NO4. The largest absolute Gasteiger partial charge is 0.465 e. The van der Waals surface area contributed by atoms with Crippen molar-refractivity contribution in [1.29, 1.82) is 5.41 Å². The Kier molecular flexibility index (Phi) is 3.77. The van der Waals surface area contributed by atoms with Crippen LogP contribution in [0.5, 0.6) is 0 Å². The number of carbonyl (C=O) groups is 2. The summed E-state index contributed by atoms with van der Waals surface area (Å²) in [4.78, 5) is 22.6. The summed E-state index contributed by atoms with van der Waals surface area (Å²) in [6, 6.07) is 6.23. The van der Waals surface area contributed by atoms with Crippen LogP contribution in [0.3, 0.4) is 0 Å². The molecule has 1 rings (SSSR count). The van der Waals surface area contributed by atoms with Crippen molar-refractivity contribution in [3.8, 4) is 0 Å². The second kappa shape index (κ2) is 5.06. The molecule has 0 fully saturated rings. The van der Waals surface area contributed by atoms with Crippen LogP contribution in [0.25, 0.3) is 0 Å². The van der Waals surface area contributed by atoms with E-state index in [1.807, 2.05) is 0 Å². The number of methoxy groups -OCH3 is 2. The third-order valence-electron chi connectivity index (χ3n) is 1.99. The van der Waals surface area contributed by atoms with E-state index in [-0.39, 0.29) is 16.8 Å². The highest BCUT2D eigenvalue weighted by atomic mass is 16.5. The van der Waals surface area contributed by atoms with E-state index in [1.54, 1.807) is 12.1 Å². The van der Waals surface area contributed by atoms with Gasteiger partial charge in [0.1, 0.15) is 5.71 Å². The maximum Gasteiger partial charge on any atom is 0.356 e. The van der Waals surface area contributed by atoms with Gasteiger partial charge in [-0.15, -0.1) is 0 Å². The third-order valence-corrected chi connectivity index (χ3v) is 1.99. The lowest BCUT2D eigenvalue weighted by atomic mass is 10.0. The zero-order chi connectivity index (χ0) is 12.1. The van der Waals surface area contributed by atoms with Crippen molar-refractivity contribution in [2.75, 3.05) is 14.2 Å². The average molecular weight is 221 g/mol. The first-order chi connectivity index (χ1) is 7.61. The Morgan fingerprint density at radius 2 is 1.62 bits per heavy atom. The number of hydrogen-bond donors (Lipinski definition) is 1. The quantitative estimate of drug-likeness (QED) is 0.610. The van der Waals surface area contributed by atoms with Gasteiger partial charge in [0.25, 0.3) is 0 Å². The molecule has 0 aliphatic heterocycles. The van der Waals surface area contributed by atoms with Gasteiger partial charge in [-0.2, -0.15) is 0 Å². The molecule has 0 aliphatic rings. The number of ether oxygens (including phenoxy) is 2. The fraction of sp³-hybridized carbons (Fsp3) is 0.182. The van der Waals surface area contributed by atoms with E-state index >= 15 is 0 Å². The van der Waals surface area contributed by atoms with Crippen molar-refractivity contribution >= 4 is 17.7 Å². The maximum atomic E-state index is 11.4. The van der Waals surface area contributed by atoms with Crippen molar-refractivity contribution in [1.82, 2.24) is 0 Å². The minimum absolute atomic E-state index is 0.167. The van der Waals surface area contributed by atoms with Crippen LogP contribution >= 0.6 is 0 Å². The molecule has 0 saturated heterocycles. The second-order valence-electron chi connectivity index (χ2n) is 2.90. The van der Waals surface area contributed by atoms with Gasteiger partial charge in [-0.1, -0.05) is 18.2 Å². The summed E-state index contributed by atoms with van der Waals surface area (Å²) >= 11 is 0. The molecule has 0 saturated carbocycles. The first kappa shape index (κ1) is 11.9. The van der Waals surface area contributed by atoms with Crippen molar-refractivity contribution in [3.63, 3.8) is 0 Å². The summed E-state index contributed by atoms with van der Waals surface area (Å²) in [5.41, 5.74) is -0.00917. The normalized spacial score (nSPS) is 9.38.